The Balaban J connectivity index is 1.75. The summed E-state index contributed by atoms with van der Waals surface area (Å²) in [5, 5.41) is 14.1. The number of ether oxygens (including phenoxy) is 2. The molecule has 0 bridgehead atoms. The number of nitro benzene ring substituents is 1. The third-order valence-electron chi connectivity index (χ3n) is 5.86. The van der Waals surface area contributed by atoms with E-state index in [4.69, 9.17) is 9.47 Å². The molecular weight excluding hydrogens is 432 g/mol. The van der Waals surface area contributed by atoms with Gasteiger partial charge in [-0.1, -0.05) is 20.8 Å². The first-order chi connectivity index (χ1) is 15.0. The zero-order valence-electron chi connectivity index (χ0n) is 18.9. The molecule has 0 fully saturated rings. The Hall–Kier alpha value is -2.94. The zero-order chi connectivity index (χ0) is 23.6. The van der Waals surface area contributed by atoms with Crippen LogP contribution in [0.15, 0.2) is 18.2 Å². The largest absolute Gasteiger partial charge is 0.483 e. The number of anilines is 1. The highest BCUT2D eigenvalue weighted by Crippen LogP contribution is 2.44. The molecular formula is C23H28N2O6S. The Morgan fingerprint density at radius 3 is 2.62 bits per heavy atom. The summed E-state index contributed by atoms with van der Waals surface area (Å²) < 4.78 is 10.5. The molecule has 0 saturated carbocycles. The number of fused-ring (bicyclic) bond motifs is 1. The molecule has 0 radical (unpaired) electrons. The highest BCUT2D eigenvalue weighted by atomic mass is 32.1. The number of benzene rings is 1. The van der Waals surface area contributed by atoms with Crippen molar-refractivity contribution < 1.29 is 24.0 Å². The van der Waals surface area contributed by atoms with Gasteiger partial charge in [-0.25, -0.2) is 4.79 Å². The van der Waals surface area contributed by atoms with Gasteiger partial charge in [-0.15, -0.1) is 11.3 Å². The summed E-state index contributed by atoms with van der Waals surface area (Å²) in [6, 6.07) is 4.19. The van der Waals surface area contributed by atoms with Gasteiger partial charge < -0.3 is 14.8 Å². The van der Waals surface area contributed by atoms with E-state index in [1.807, 2.05) is 0 Å². The molecule has 172 valence electrons. The molecule has 3 rings (SSSR count). The summed E-state index contributed by atoms with van der Waals surface area (Å²) in [5.74, 6) is 0.00610. The second-order valence-corrected chi connectivity index (χ2v) is 10.2. The normalized spacial score (nSPS) is 15.6. The molecule has 9 heteroatoms. The van der Waals surface area contributed by atoms with Gasteiger partial charge >= 0.3 is 5.97 Å². The summed E-state index contributed by atoms with van der Waals surface area (Å²) in [6.07, 6.45) is 2.61. The summed E-state index contributed by atoms with van der Waals surface area (Å²) >= 11 is 1.42. The molecule has 1 aliphatic carbocycles. The van der Waals surface area contributed by atoms with E-state index < -0.39 is 16.8 Å². The summed E-state index contributed by atoms with van der Waals surface area (Å²) in [6.45, 7) is 8.05. The van der Waals surface area contributed by atoms with Crippen LogP contribution < -0.4 is 10.1 Å². The highest BCUT2D eigenvalue weighted by Gasteiger charge is 2.34. The minimum absolute atomic E-state index is 0.0419. The minimum atomic E-state index is -0.486. The molecule has 0 spiro atoms. The first-order valence-corrected chi connectivity index (χ1v) is 11.2. The minimum Gasteiger partial charge on any atom is -0.483 e. The number of non-ortho nitro benzene ring substituents is 1. The van der Waals surface area contributed by atoms with E-state index in [0.717, 1.165) is 29.7 Å². The van der Waals surface area contributed by atoms with Crippen molar-refractivity contribution in [1.29, 1.82) is 0 Å². The van der Waals surface area contributed by atoms with E-state index >= 15 is 0 Å². The van der Waals surface area contributed by atoms with Crippen LogP contribution in [0, 0.1) is 28.4 Å². The van der Waals surface area contributed by atoms with Crippen LogP contribution in [0.5, 0.6) is 5.75 Å². The number of aryl methyl sites for hydroxylation is 1. The maximum absolute atomic E-state index is 12.6. The van der Waals surface area contributed by atoms with E-state index in [2.05, 4.69) is 26.1 Å². The number of nitrogens with one attached hydrogen (secondary N) is 1. The van der Waals surface area contributed by atoms with Crippen molar-refractivity contribution in [2.24, 2.45) is 11.3 Å². The van der Waals surface area contributed by atoms with E-state index in [-0.39, 0.29) is 17.7 Å². The van der Waals surface area contributed by atoms with Gasteiger partial charge in [0, 0.05) is 17.0 Å². The fraction of sp³-hybridized carbons (Fsp3) is 0.478. The molecule has 2 aromatic rings. The quantitative estimate of drug-likeness (QED) is 0.372. The third-order valence-corrected chi connectivity index (χ3v) is 7.03. The average Bonchev–Trinajstić information content (AvgIpc) is 3.08. The number of nitrogens with zero attached hydrogens (tertiary/aromatic N) is 1. The smallest absolute Gasteiger partial charge is 0.341 e. The van der Waals surface area contributed by atoms with E-state index in [0.29, 0.717) is 27.8 Å². The van der Waals surface area contributed by atoms with Gasteiger partial charge in [0.2, 0.25) is 0 Å². The van der Waals surface area contributed by atoms with Gasteiger partial charge in [0.25, 0.3) is 11.6 Å². The molecule has 1 aromatic heterocycles. The summed E-state index contributed by atoms with van der Waals surface area (Å²) in [7, 11) is 1.33. The summed E-state index contributed by atoms with van der Waals surface area (Å²) in [4.78, 5) is 36.6. The van der Waals surface area contributed by atoms with Crippen LogP contribution in [0.2, 0.25) is 0 Å². The van der Waals surface area contributed by atoms with Crippen LogP contribution in [-0.4, -0.2) is 30.5 Å². The molecule has 0 saturated heterocycles. The van der Waals surface area contributed by atoms with Crippen molar-refractivity contribution in [3.05, 3.63) is 49.9 Å². The van der Waals surface area contributed by atoms with Crippen LogP contribution >= 0.6 is 11.3 Å². The van der Waals surface area contributed by atoms with Gasteiger partial charge in [-0.2, -0.15) is 0 Å². The first kappa shape index (κ1) is 23.7. The highest BCUT2D eigenvalue weighted by molar-refractivity contribution is 7.17. The fourth-order valence-corrected chi connectivity index (χ4v) is 5.28. The molecule has 1 amide bonds. The predicted octanol–water partition coefficient (Wildman–Crippen LogP) is 4.92. The molecule has 0 aliphatic heterocycles. The number of thiophene rings is 1. The molecule has 1 aromatic carbocycles. The van der Waals surface area contributed by atoms with Crippen molar-refractivity contribution in [3.63, 3.8) is 0 Å². The van der Waals surface area contributed by atoms with Crippen LogP contribution in [0.25, 0.3) is 0 Å². The molecule has 32 heavy (non-hydrogen) atoms. The fourth-order valence-electron chi connectivity index (χ4n) is 3.95. The Morgan fingerprint density at radius 1 is 1.31 bits per heavy atom. The van der Waals surface area contributed by atoms with Gasteiger partial charge in [0.1, 0.15) is 10.8 Å². The van der Waals surface area contributed by atoms with Crippen LogP contribution in [-0.2, 0) is 22.4 Å². The van der Waals surface area contributed by atoms with Crippen molar-refractivity contribution in [3.8, 4) is 5.75 Å². The average molecular weight is 461 g/mol. The number of rotatable bonds is 6. The zero-order valence-corrected chi connectivity index (χ0v) is 19.8. The number of nitro groups is 1. The third kappa shape index (κ3) is 5.09. The van der Waals surface area contributed by atoms with Gasteiger partial charge in [-0.3, -0.25) is 14.9 Å². The lowest BCUT2D eigenvalue weighted by Crippen LogP contribution is -2.26. The van der Waals surface area contributed by atoms with Crippen molar-refractivity contribution in [2.45, 2.75) is 47.0 Å². The maximum atomic E-state index is 12.6. The molecule has 1 N–H and O–H groups in total. The monoisotopic (exact) mass is 460 g/mol. The molecule has 1 heterocycles. The van der Waals surface area contributed by atoms with Crippen molar-refractivity contribution in [1.82, 2.24) is 0 Å². The maximum Gasteiger partial charge on any atom is 0.341 e. The molecule has 8 nitrogen and oxygen atoms in total. The van der Waals surface area contributed by atoms with E-state index in [1.165, 1.54) is 36.6 Å². The molecule has 1 aliphatic rings. The van der Waals surface area contributed by atoms with E-state index in [1.54, 1.807) is 6.92 Å². The Labute approximate surface area is 191 Å². The van der Waals surface area contributed by atoms with Crippen molar-refractivity contribution in [2.75, 3.05) is 19.0 Å². The first-order valence-electron chi connectivity index (χ1n) is 10.4. The number of hydrogen-bond acceptors (Lipinski definition) is 7. The lowest BCUT2D eigenvalue weighted by molar-refractivity contribution is -0.384. The SMILES string of the molecule is COC(=O)c1c(NC(=O)COc2ccc([N+](=O)[O-])cc2C)sc2c1CCC(C(C)(C)C)C2. The number of carbonyl (C=O) groups is 2. The Bertz CT molecular complexity index is 1050. The second kappa shape index (κ2) is 9.28. The van der Waals surface area contributed by atoms with Gasteiger partial charge in [0.15, 0.2) is 6.61 Å². The molecule has 1 unspecified atom stereocenters. The topological polar surface area (TPSA) is 108 Å². The second-order valence-electron chi connectivity index (χ2n) is 9.05. The van der Waals surface area contributed by atoms with Crippen molar-refractivity contribution >= 4 is 33.9 Å². The number of esters is 1. The van der Waals surface area contributed by atoms with Crippen LogP contribution in [0.4, 0.5) is 10.7 Å². The van der Waals surface area contributed by atoms with E-state index in [9.17, 15) is 19.7 Å². The number of carbonyl (C=O) groups excluding carboxylic acids is 2. The Kier molecular flexibility index (Phi) is 6.88. The molecule has 1 atom stereocenters. The van der Waals surface area contributed by atoms with Crippen LogP contribution in [0.3, 0.4) is 0 Å². The van der Waals surface area contributed by atoms with Gasteiger partial charge in [-0.05, 0) is 54.7 Å². The number of amides is 1. The standard InChI is InChI=1S/C23H28N2O6S/c1-13-10-15(25(28)29)7-9-17(13)31-12-19(26)24-21-20(22(27)30-5)16-8-6-14(23(2,3)4)11-18(16)32-21/h7,9-10,14H,6,8,11-12H2,1-5H3,(H,24,26). The number of methoxy groups -OCH3 is 1. The predicted molar refractivity (Wildman–Crippen MR) is 123 cm³/mol. The number of hydrogen-bond donors (Lipinski definition) is 1. The summed E-state index contributed by atoms with van der Waals surface area (Å²) in [5.41, 5.74) is 2.07. The lowest BCUT2D eigenvalue weighted by Gasteiger charge is -2.33. The Morgan fingerprint density at radius 2 is 2.03 bits per heavy atom. The van der Waals surface area contributed by atoms with Gasteiger partial charge in [0.05, 0.1) is 17.6 Å². The van der Waals surface area contributed by atoms with Crippen LogP contribution in [0.1, 0.15) is 53.6 Å². The lowest BCUT2D eigenvalue weighted by atomic mass is 9.72.